The molecular weight excluding hydrogens is 295 g/mol. The number of nitrogens with zero attached hydrogens (tertiary/aromatic N) is 2. The number of hydrogen-bond donors (Lipinski definition) is 0. The minimum Gasteiger partial charge on any atom is -0.385 e. The number of fused-ring (bicyclic) bond motifs is 1. The molecule has 0 N–H and O–H groups in total. The minimum atomic E-state index is -0.467. The van der Waals surface area contributed by atoms with E-state index >= 15 is 0 Å². The highest BCUT2D eigenvalue weighted by molar-refractivity contribution is 5.94. The molecule has 0 unspecified atom stereocenters. The van der Waals surface area contributed by atoms with Crippen LogP contribution in [-0.2, 0) is 17.8 Å². The van der Waals surface area contributed by atoms with Gasteiger partial charge in [0.2, 0.25) is 0 Å². The molecule has 0 bridgehead atoms. The zero-order chi connectivity index (χ0) is 16.2. The molecule has 1 aliphatic heterocycles. The van der Waals surface area contributed by atoms with Crippen molar-refractivity contribution in [1.82, 2.24) is 9.47 Å². The molecule has 0 fully saturated rings. The van der Waals surface area contributed by atoms with Gasteiger partial charge in [0.25, 0.3) is 5.91 Å². The standard InChI is InChI=1S/C18H21FN2O2/c1-23-10-8-14-11-20-9-4-5-15(20)13-21(12-14)18(22)16-6-2-3-7-17(16)19/h2-7,9,14H,8,10-13H2,1H3/t14-/m1/s1. The van der Waals surface area contributed by atoms with Gasteiger partial charge in [-0.05, 0) is 36.6 Å². The summed E-state index contributed by atoms with van der Waals surface area (Å²) in [5, 5.41) is 0. The summed E-state index contributed by atoms with van der Waals surface area (Å²) in [4.78, 5) is 14.5. The number of benzene rings is 1. The zero-order valence-corrected chi connectivity index (χ0v) is 13.2. The van der Waals surface area contributed by atoms with Crippen LogP contribution in [0.25, 0.3) is 0 Å². The molecule has 2 heterocycles. The third-order valence-electron chi connectivity index (χ3n) is 4.33. The molecule has 1 atom stereocenters. The van der Waals surface area contributed by atoms with Crippen LogP contribution >= 0.6 is 0 Å². The van der Waals surface area contributed by atoms with Crippen LogP contribution in [0.1, 0.15) is 22.5 Å². The van der Waals surface area contributed by atoms with Crippen molar-refractivity contribution in [3.8, 4) is 0 Å². The SMILES string of the molecule is COCC[C@H]1CN(C(=O)c2ccccc2F)Cc2cccn2C1. The monoisotopic (exact) mass is 316 g/mol. The predicted octanol–water partition coefficient (Wildman–Crippen LogP) is 2.94. The maximum atomic E-state index is 14.0. The van der Waals surface area contributed by atoms with E-state index in [-0.39, 0.29) is 11.5 Å². The molecule has 3 rings (SSSR count). The number of aromatic nitrogens is 1. The number of amides is 1. The smallest absolute Gasteiger partial charge is 0.257 e. The fourth-order valence-corrected chi connectivity index (χ4v) is 3.11. The summed E-state index contributed by atoms with van der Waals surface area (Å²) in [7, 11) is 1.68. The Balaban J connectivity index is 1.85. The molecule has 1 aromatic carbocycles. The highest BCUT2D eigenvalue weighted by atomic mass is 19.1. The van der Waals surface area contributed by atoms with Gasteiger partial charge in [0.1, 0.15) is 5.82 Å². The molecule has 0 saturated heterocycles. The minimum absolute atomic E-state index is 0.137. The van der Waals surface area contributed by atoms with Crippen molar-refractivity contribution in [2.75, 3.05) is 20.3 Å². The van der Waals surface area contributed by atoms with Gasteiger partial charge in [-0.25, -0.2) is 4.39 Å². The Labute approximate surface area is 135 Å². The maximum Gasteiger partial charge on any atom is 0.257 e. The fraction of sp³-hybridized carbons (Fsp3) is 0.389. The summed E-state index contributed by atoms with van der Waals surface area (Å²) in [5.74, 6) is -0.426. The lowest BCUT2D eigenvalue weighted by atomic mass is 10.0. The van der Waals surface area contributed by atoms with Gasteiger partial charge < -0.3 is 14.2 Å². The molecule has 1 aliphatic rings. The van der Waals surface area contributed by atoms with Gasteiger partial charge in [0.15, 0.2) is 0 Å². The second-order valence-corrected chi connectivity index (χ2v) is 5.96. The lowest BCUT2D eigenvalue weighted by molar-refractivity contribution is 0.0700. The number of carbonyl (C=O) groups is 1. The molecule has 0 saturated carbocycles. The first-order valence-corrected chi connectivity index (χ1v) is 7.86. The summed E-state index contributed by atoms with van der Waals surface area (Å²) in [6, 6.07) is 10.2. The first kappa shape index (κ1) is 15.7. The molecule has 0 aliphatic carbocycles. The Hall–Kier alpha value is -2.14. The normalized spacial score (nSPS) is 17.7. The van der Waals surface area contributed by atoms with E-state index in [4.69, 9.17) is 4.74 Å². The highest BCUT2D eigenvalue weighted by Gasteiger charge is 2.26. The average molecular weight is 316 g/mol. The summed E-state index contributed by atoms with van der Waals surface area (Å²) in [5.41, 5.74) is 1.22. The summed E-state index contributed by atoms with van der Waals surface area (Å²) < 4.78 is 21.3. The molecule has 0 spiro atoms. The Bertz CT molecular complexity index is 683. The van der Waals surface area contributed by atoms with Crippen LogP contribution in [0, 0.1) is 11.7 Å². The third kappa shape index (κ3) is 3.45. The van der Waals surface area contributed by atoms with E-state index in [1.165, 1.54) is 6.07 Å². The molecular formula is C18H21FN2O2. The molecule has 122 valence electrons. The van der Waals surface area contributed by atoms with E-state index in [0.717, 1.165) is 18.7 Å². The quantitative estimate of drug-likeness (QED) is 0.869. The Morgan fingerprint density at radius 1 is 1.26 bits per heavy atom. The highest BCUT2D eigenvalue weighted by Crippen LogP contribution is 2.22. The Morgan fingerprint density at radius 3 is 2.87 bits per heavy atom. The largest absolute Gasteiger partial charge is 0.385 e. The molecule has 2 aromatic rings. The molecule has 4 nitrogen and oxygen atoms in total. The predicted molar refractivity (Wildman–Crippen MR) is 85.6 cm³/mol. The molecule has 1 aromatic heterocycles. The van der Waals surface area contributed by atoms with E-state index < -0.39 is 5.82 Å². The van der Waals surface area contributed by atoms with E-state index in [0.29, 0.717) is 25.6 Å². The van der Waals surface area contributed by atoms with Crippen LogP contribution in [0.3, 0.4) is 0 Å². The van der Waals surface area contributed by atoms with Gasteiger partial charge in [0, 0.05) is 38.7 Å². The second-order valence-electron chi connectivity index (χ2n) is 5.96. The van der Waals surface area contributed by atoms with Crippen LogP contribution in [0.4, 0.5) is 4.39 Å². The van der Waals surface area contributed by atoms with Gasteiger partial charge in [0.05, 0.1) is 12.1 Å². The van der Waals surface area contributed by atoms with Crippen molar-refractivity contribution in [3.63, 3.8) is 0 Å². The van der Waals surface area contributed by atoms with Crippen molar-refractivity contribution < 1.29 is 13.9 Å². The van der Waals surface area contributed by atoms with Crippen molar-refractivity contribution in [1.29, 1.82) is 0 Å². The first-order chi connectivity index (χ1) is 11.2. The van der Waals surface area contributed by atoms with Crippen LogP contribution in [0.15, 0.2) is 42.6 Å². The Kier molecular flexibility index (Phi) is 4.76. The average Bonchev–Trinajstić information content (AvgIpc) is 2.91. The van der Waals surface area contributed by atoms with Crippen LogP contribution in [0.2, 0.25) is 0 Å². The van der Waals surface area contributed by atoms with E-state index in [9.17, 15) is 9.18 Å². The number of rotatable bonds is 4. The number of ether oxygens (including phenoxy) is 1. The third-order valence-corrected chi connectivity index (χ3v) is 4.33. The number of halogens is 1. The summed E-state index contributed by atoms with van der Waals surface area (Å²) >= 11 is 0. The van der Waals surface area contributed by atoms with Crippen LogP contribution < -0.4 is 0 Å². The van der Waals surface area contributed by atoms with Crippen molar-refractivity contribution in [2.45, 2.75) is 19.5 Å². The van der Waals surface area contributed by atoms with E-state index in [1.54, 1.807) is 30.2 Å². The molecule has 1 amide bonds. The van der Waals surface area contributed by atoms with Crippen LogP contribution in [-0.4, -0.2) is 35.6 Å². The van der Waals surface area contributed by atoms with Gasteiger partial charge in [-0.15, -0.1) is 0 Å². The van der Waals surface area contributed by atoms with Gasteiger partial charge >= 0.3 is 0 Å². The van der Waals surface area contributed by atoms with Crippen LogP contribution in [0.5, 0.6) is 0 Å². The summed E-state index contributed by atoms with van der Waals surface area (Å²) in [6.45, 7) is 2.62. The lowest BCUT2D eigenvalue weighted by Crippen LogP contribution is -2.34. The Morgan fingerprint density at radius 2 is 2.09 bits per heavy atom. The van der Waals surface area contributed by atoms with Crippen molar-refractivity contribution in [2.24, 2.45) is 5.92 Å². The van der Waals surface area contributed by atoms with E-state index in [2.05, 4.69) is 4.57 Å². The second kappa shape index (κ2) is 6.96. The number of hydrogen-bond acceptors (Lipinski definition) is 2. The molecule has 0 radical (unpaired) electrons. The van der Waals surface area contributed by atoms with Gasteiger partial charge in [-0.3, -0.25) is 4.79 Å². The van der Waals surface area contributed by atoms with Crippen molar-refractivity contribution in [3.05, 3.63) is 59.7 Å². The first-order valence-electron chi connectivity index (χ1n) is 7.86. The molecule has 23 heavy (non-hydrogen) atoms. The van der Waals surface area contributed by atoms with Crippen molar-refractivity contribution >= 4 is 5.91 Å². The van der Waals surface area contributed by atoms with E-state index in [1.807, 2.05) is 18.3 Å². The molecule has 5 heteroatoms. The zero-order valence-electron chi connectivity index (χ0n) is 13.2. The topological polar surface area (TPSA) is 34.5 Å². The summed E-state index contributed by atoms with van der Waals surface area (Å²) in [6.07, 6.45) is 2.90. The lowest BCUT2D eigenvalue weighted by Gasteiger charge is -2.24. The number of carbonyl (C=O) groups excluding carboxylic acids is 1. The van der Waals surface area contributed by atoms with Gasteiger partial charge in [-0.1, -0.05) is 12.1 Å². The maximum absolute atomic E-state index is 14.0. The number of methoxy groups -OCH3 is 1. The van der Waals surface area contributed by atoms with Gasteiger partial charge in [-0.2, -0.15) is 0 Å². The fourth-order valence-electron chi connectivity index (χ4n) is 3.11.